The van der Waals surface area contributed by atoms with Gasteiger partial charge in [-0.15, -0.1) is 4.99 Å². The molecule has 1 aliphatic heterocycles. The zero-order valence-corrected chi connectivity index (χ0v) is 16.1. The van der Waals surface area contributed by atoms with Crippen molar-refractivity contribution in [1.29, 1.82) is 10.5 Å². The van der Waals surface area contributed by atoms with E-state index in [1.165, 1.54) is 4.90 Å². The number of nitriles is 2. The summed E-state index contributed by atoms with van der Waals surface area (Å²) in [5, 5.41) is 29.9. The first kappa shape index (κ1) is 19.5. The molecule has 8 heteroatoms. The lowest BCUT2D eigenvalue weighted by molar-refractivity contribution is -0.0565. The first-order chi connectivity index (χ1) is 13.3. The van der Waals surface area contributed by atoms with Crippen LogP contribution in [-0.4, -0.2) is 22.8 Å². The van der Waals surface area contributed by atoms with Crippen molar-refractivity contribution in [3.63, 3.8) is 0 Å². The molecule has 3 rings (SSSR count). The number of aliphatic hydroxyl groups is 1. The lowest BCUT2D eigenvalue weighted by Gasteiger charge is -2.46. The number of nitrogens with zero attached hydrogens (tertiary/aromatic N) is 4. The van der Waals surface area contributed by atoms with Crippen molar-refractivity contribution < 1.29 is 9.84 Å². The first-order valence-corrected chi connectivity index (χ1v) is 8.84. The number of benzene rings is 2. The normalized spacial score (nSPS) is 20.3. The number of halogens is 1. The smallest absolute Gasteiger partial charge is 0.212 e. The number of guanidine groups is 1. The van der Waals surface area contributed by atoms with E-state index in [-0.39, 0.29) is 5.96 Å². The number of anilines is 1. The van der Waals surface area contributed by atoms with Crippen LogP contribution in [0, 0.1) is 22.8 Å². The van der Waals surface area contributed by atoms with Crippen LogP contribution < -0.4 is 15.4 Å². The molecule has 0 amide bonds. The molecule has 0 aliphatic carbocycles. The lowest BCUT2D eigenvalue weighted by Crippen LogP contribution is -2.56. The molecular formula is C20H18ClN5O2. The Morgan fingerprint density at radius 1 is 1.29 bits per heavy atom. The van der Waals surface area contributed by atoms with E-state index in [1.807, 2.05) is 0 Å². The molecule has 0 saturated carbocycles. The molecule has 28 heavy (non-hydrogen) atoms. The summed E-state index contributed by atoms with van der Waals surface area (Å²) in [5.41, 5.74) is 6.65. The fourth-order valence-electron chi connectivity index (χ4n) is 3.28. The van der Waals surface area contributed by atoms with Crippen LogP contribution >= 0.6 is 11.6 Å². The quantitative estimate of drug-likeness (QED) is 0.458. The van der Waals surface area contributed by atoms with E-state index in [9.17, 15) is 10.4 Å². The van der Waals surface area contributed by atoms with Crippen LogP contribution in [0.15, 0.2) is 47.5 Å². The predicted octanol–water partition coefficient (Wildman–Crippen LogP) is 3.09. The molecule has 0 radical (unpaired) electrons. The summed E-state index contributed by atoms with van der Waals surface area (Å²) in [6.45, 7) is 3.50. The second kappa shape index (κ2) is 7.40. The molecule has 0 fully saturated rings. The van der Waals surface area contributed by atoms with E-state index in [0.29, 0.717) is 27.6 Å². The number of hydrogen-bond donors (Lipinski definition) is 2. The molecule has 1 aliphatic rings. The second-order valence-electron chi connectivity index (χ2n) is 6.88. The summed E-state index contributed by atoms with van der Waals surface area (Å²) >= 11 is 6.15. The monoisotopic (exact) mass is 395 g/mol. The maximum absolute atomic E-state index is 11.1. The molecule has 142 valence electrons. The molecule has 2 atom stereocenters. The highest BCUT2D eigenvalue weighted by molar-refractivity contribution is 6.30. The van der Waals surface area contributed by atoms with Crippen LogP contribution in [0.25, 0.3) is 0 Å². The minimum atomic E-state index is -1.06. The molecular weight excluding hydrogens is 378 g/mol. The largest absolute Gasteiger partial charge is 0.485 e. The van der Waals surface area contributed by atoms with E-state index in [1.54, 1.807) is 62.5 Å². The van der Waals surface area contributed by atoms with Gasteiger partial charge in [-0.05, 0) is 50.2 Å². The predicted molar refractivity (Wildman–Crippen MR) is 106 cm³/mol. The highest BCUT2D eigenvalue weighted by atomic mass is 35.5. The molecule has 1 heterocycles. The summed E-state index contributed by atoms with van der Waals surface area (Å²) in [6.07, 6.45) is 0.621. The number of hydrogen-bond acceptors (Lipinski definition) is 5. The van der Waals surface area contributed by atoms with Crippen molar-refractivity contribution in [2.24, 2.45) is 10.7 Å². The summed E-state index contributed by atoms with van der Waals surface area (Å²) in [4.78, 5) is 5.20. The summed E-state index contributed by atoms with van der Waals surface area (Å²) < 4.78 is 5.95. The van der Waals surface area contributed by atoms with Crippen molar-refractivity contribution in [2.45, 2.75) is 31.6 Å². The van der Waals surface area contributed by atoms with E-state index in [2.05, 4.69) is 11.1 Å². The lowest BCUT2D eigenvalue weighted by atomic mass is 9.84. The first-order valence-electron chi connectivity index (χ1n) is 8.46. The number of ether oxygens (including phenoxy) is 1. The molecule has 2 aromatic carbocycles. The molecule has 3 N–H and O–H groups in total. The third-order valence-electron chi connectivity index (χ3n) is 4.62. The molecule has 0 bridgehead atoms. The van der Waals surface area contributed by atoms with Gasteiger partial charge < -0.3 is 20.5 Å². The Morgan fingerprint density at radius 2 is 2.04 bits per heavy atom. The van der Waals surface area contributed by atoms with Crippen LogP contribution in [0.1, 0.15) is 31.0 Å². The number of nitrogens with two attached hydrogens (primary N) is 1. The number of aliphatic imine (C=N–C) groups is 1. The minimum absolute atomic E-state index is 0.111. The SMILES string of the molecule is CC1(C)Oc2ccc(C#N)cc2[C@H](N(C(N)=NC#N)c2cccc(Cl)c2)[C@H]1O. The molecule has 0 spiro atoms. The van der Waals surface area contributed by atoms with Crippen LogP contribution in [0.5, 0.6) is 5.75 Å². The Bertz CT molecular complexity index is 1020. The van der Waals surface area contributed by atoms with Gasteiger partial charge in [-0.2, -0.15) is 10.5 Å². The Kier molecular flexibility index (Phi) is 5.15. The summed E-state index contributed by atoms with van der Waals surface area (Å²) in [5.74, 6) is 0.399. The molecule has 7 nitrogen and oxygen atoms in total. The maximum Gasteiger partial charge on any atom is 0.212 e. The number of fused-ring (bicyclic) bond motifs is 1. The molecule has 0 saturated heterocycles. The van der Waals surface area contributed by atoms with Gasteiger partial charge in [0.25, 0.3) is 0 Å². The highest BCUT2D eigenvalue weighted by Gasteiger charge is 2.46. The Hall–Kier alpha value is -3.26. The Balaban J connectivity index is 2.28. The van der Waals surface area contributed by atoms with E-state index < -0.39 is 17.7 Å². The minimum Gasteiger partial charge on any atom is -0.485 e. The average Bonchev–Trinajstić information content (AvgIpc) is 2.65. The second-order valence-corrected chi connectivity index (χ2v) is 7.32. The fraction of sp³-hybridized carbons (Fsp3) is 0.250. The number of rotatable bonds is 2. The standard InChI is InChI=1S/C20H18ClN5O2/c1-20(2)18(27)17(15-8-12(10-22)6-7-16(15)28-20)26(19(24)25-11-23)14-5-3-4-13(21)9-14/h3-9,17-18,27H,1-2H3,(H2,24,25)/t17-,18+/m0/s1. The zero-order chi connectivity index (χ0) is 20.5. The van der Waals surface area contributed by atoms with E-state index in [4.69, 9.17) is 27.3 Å². The van der Waals surface area contributed by atoms with Crippen LogP contribution in [0.4, 0.5) is 5.69 Å². The van der Waals surface area contributed by atoms with Crippen molar-refractivity contribution in [3.05, 3.63) is 58.6 Å². The Labute approximate surface area is 167 Å². The molecule has 2 aromatic rings. The van der Waals surface area contributed by atoms with Gasteiger partial charge in [0.1, 0.15) is 17.5 Å². The van der Waals surface area contributed by atoms with Crippen LogP contribution in [0.3, 0.4) is 0 Å². The van der Waals surface area contributed by atoms with Gasteiger partial charge in [-0.1, -0.05) is 17.7 Å². The van der Waals surface area contributed by atoms with Crippen LogP contribution in [-0.2, 0) is 0 Å². The third kappa shape index (κ3) is 3.46. The van der Waals surface area contributed by atoms with Crippen molar-refractivity contribution >= 4 is 23.2 Å². The van der Waals surface area contributed by atoms with Crippen molar-refractivity contribution in [1.82, 2.24) is 0 Å². The topological polar surface area (TPSA) is 119 Å². The average molecular weight is 396 g/mol. The highest BCUT2D eigenvalue weighted by Crippen LogP contribution is 2.44. The van der Waals surface area contributed by atoms with Crippen LogP contribution in [0.2, 0.25) is 5.02 Å². The van der Waals surface area contributed by atoms with Gasteiger partial charge in [0.05, 0.1) is 17.7 Å². The van der Waals surface area contributed by atoms with Crippen molar-refractivity contribution in [2.75, 3.05) is 4.90 Å². The van der Waals surface area contributed by atoms with Gasteiger partial charge in [0, 0.05) is 16.3 Å². The van der Waals surface area contributed by atoms with Gasteiger partial charge in [-0.25, -0.2) is 0 Å². The van der Waals surface area contributed by atoms with Gasteiger partial charge in [0.2, 0.25) is 12.2 Å². The maximum atomic E-state index is 11.1. The third-order valence-corrected chi connectivity index (χ3v) is 4.85. The van der Waals surface area contributed by atoms with Gasteiger partial charge in [0.15, 0.2) is 0 Å². The number of aliphatic hydroxyl groups excluding tert-OH is 1. The fourth-order valence-corrected chi connectivity index (χ4v) is 3.47. The molecule has 0 aromatic heterocycles. The van der Waals surface area contributed by atoms with Gasteiger partial charge in [-0.3, -0.25) is 0 Å². The molecule has 0 unspecified atom stereocenters. The zero-order valence-electron chi connectivity index (χ0n) is 15.3. The van der Waals surface area contributed by atoms with Crippen molar-refractivity contribution in [3.8, 4) is 18.0 Å². The Morgan fingerprint density at radius 3 is 2.68 bits per heavy atom. The summed E-state index contributed by atoms with van der Waals surface area (Å²) in [6, 6.07) is 13.1. The van der Waals surface area contributed by atoms with E-state index >= 15 is 0 Å². The van der Waals surface area contributed by atoms with E-state index in [0.717, 1.165) is 0 Å². The summed E-state index contributed by atoms with van der Waals surface area (Å²) in [7, 11) is 0. The van der Waals surface area contributed by atoms with Gasteiger partial charge >= 0.3 is 0 Å².